The number of unbranched alkanes of at least 4 members (excludes halogenated alkanes) is 3. The maximum absolute atomic E-state index is 8.28. The summed E-state index contributed by atoms with van der Waals surface area (Å²) in [7, 11) is 2.16. The number of nitrogens with one attached hydrogen (secondary N) is 1. The van der Waals surface area contributed by atoms with E-state index in [1.165, 1.54) is 36.4 Å². The third-order valence-electron chi connectivity index (χ3n) is 5.41. The molecule has 1 saturated heterocycles. The molecule has 1 aromatic heterocycles. The lowest BCUT2D eigenvalue weighted by Gasteiger charge is -2.21. The van der Waals surface area contributed by atoms with Crippen LogP contribution in [0, 0.1) is 11.3 Å². The van der Waals surface area contributed by atoms with E-state index in [1.54, 1.807) is 11.3 Å². The molecule has 1 N–H and O–H groups in total. The summed E-state index contributed by atoms with van der Waals surface area (Å²) >= 11 is 1.78. The number of rotatable bonds is 10. The van der Waals surface area contributed by atoms with E-state index in [9.17, 15) is 0 Å². The van der Waals surface area contributed by atoms with Crippen molar-refractivity contribution in [2.24, 2.45) is 5.92 Å². The Balaban J connectivity index is 0.000000612. The minimum Gasteiger partial charge on any atom is -0.360 e. The first kappa shape index (κ1) is 25.5. The zero-order chi connectivity index (χ0) is 21.6. The summed E-state index contributed by atoms with van der Waals surface area (Å²) in [6, 6.07) is 2.21. The van der Waals surface area contributed by atoms with Gasteiger partial charge in [-0.05, 0) is 30.9 Å². The molecule has 1 aliphatic rings. The summed E-state index contributed by atoms with van der Waals surface area (Å²) in [5.74, 6) is 1.63. The van der Waals surface area contributed by atoms with E-state index >= 15 is 0 Å². The molecule has 1 aliphatic heterocycles. The Morgan fingerprint density at radius 2 is 1.86 bits per heavy atom. The van der Waals surface area contributed by atoms with Crippen LogP contribution in [0.25, 0.3) is 0 Å². The molecule has 0 bridgehead atoms. The largest absolute Gasteiger partial charge is 0.360 e. The highest BCUT2D eigenvalue weighted by molar-refractivity contribution is 7.10. The minimum absolute atomic E-state index is 0.338. The fraction of sp³-hybridized carbons (Fsp3) is 0.640. The molecular formula is C25H43N3S. The molecule has 0 spiro atoms. The molecule has 29 heavy (non-hydrogen) atoms. The van der Waals surface area contributed by atoms with Crippen molar-refractivity contribution in [3.8, 4) is 0 Å². The standard InChI is InChI=1S/C19H29N3S.C6H14/c1-5-7-8-9-18-21(4)10-11-22(18)13-17-12-16(14-23-17)19(20)15(3)6-2;1-3-5-6-4-2/h7-9,12,14-15,20H,5-6,10-11,13H2,1-4H3;3-6H2,1-2H3/b8-7+,18-9+,20-19?;. The lowest BCUT2D eigenvalue weighted by molar-refractivity contribution is 0.361. The first-order valence-corrected chi connectivity index (χ1v) is 12.3. The second-order valence-corrected chi connectivity index (χ2v) is 8.93. The first-order valence-electron chi connectivity index (χ1n) is 11.5. The molecular weight excluding hydrogens is 374 g/mol. The van der Waals surface area contributed by atoms with E-state index in [2.05, 4.69) is 81.1 Å². The Kier molecular flexibility index (Phi) is 12.7. The van der Waals surface area contributed by atoms with Crippen LogP contribution in [0.2, 0.25) is 0 Å². The molecule has 3 nitrogen and oxygen atoms in total. The van der Waals surface area contributed by atoms with Crippen molar-refractivity contribution in [2.75, 3.05) is 20.1 Å². The molecule has 2 heterocycles. The van der Waals surface area contributed by atoms with E-state index in [-0.39, 0.29) is 0 Å². The highest BCUT2D eigenvalue weighted by Crippen LogP contribution is 2.25. The average molecular weight is 418 g/mol. The van der Waals surface area contributed by atoms with E-state index in [0.717, 1.165) is 43.8 Å². The van der Waals surface area contributed by atoms with Gasteiger partial charge in [-0.15, -0.1) is 11.3 Å². The average Bonchev–Trinajstić information content (AvgIpc) is 3.33. The molecule has 1 aromatic rings. The third kappa shape index (κ3) is 8.77. The maximum atomic E-state index is 8.28. The fourth-order valence-corrected chi connectivity index (χ4v) is 4.10. The Labute approximate surface area is 184 Å². The zero-order valence-electron chi connectivity index (χ0n) is 19.6. The van der Waals surface area contributed by atoms with Crippen LogP contribution in [-0.4, -0.2) is 35.6 Å². The van der Waals surface area contributed by atoms with Crippen molar-refractivity contribution in [1.29, 1.82) is 5.41 Å². The van der Waals surface area contributed by atoms with Crippen molar-refractivity contribution in [1.82, 2.24) is 9.80 Å². The molecule has 0 saturated carbocycles. The number of hydrogen-bond donors (Lipinski definition) is 1. The highest BCUT2D eigenvalue weighted by atomic mass is 32.1. The SMILES string of the molecule is CC/C=C/C=C1\N(C)CCN1Cc1cc(C(=N)C(C)CC)cs1.CCCCCC. The van der Waals surface area contributed by atoms with Gasteiger partial charge < -0.3 is 15.2 Å². The summed E-state index contributed by atoms with van der Waals surface area (Å²) in [6.45, 7) is 14.0. The summed E-state index contributed by atoms with van der Waals surface area (Å²) in [5, 5.41) is 10.4. The predicted octanol–water partition coefficient (Wildman–Crippen LogP) is 7.30. The van der Waals surface area contributed by atoms with Crippen LogP contribution in [0.4, 0.5) is 0 Å². The second-order valence-electron chi connectivity index (χ2n) is 7.94. The van der Waals surface area contributed by atoms with Crippen molar-refractivity contribution >= 4 is 17.0 Å². The quantitative estimate of drug-likeness (QED) is 0.320. The van der Waals surface area contributed by atoms with E-state index < -0.39 is 0 Å². The molecule has 0 aliphatic carbocycles. The second kappa shape index (κ2) is 14.4. The number of allylic oxidation sites excluding steroid dienone is 3. The molecule has 1 atom stereocenters. The molecule has 4 heteroatoms. The Morgan fingerprint density at radius 1 is 1.17 bits per heavy atom. The van der Waals surface area contributed by atoms with E-state index in [0.29, 0.717) is 5.92 Å². The molecule has 0 aromatic carbocycles. The Hall–Kier alpha value is -1.55. The van der Waals surface area contributed by atoms with Gasteiger partial charge in [0.05, 0.1) is 6.54 Å². The lowest BCUT2D eigenvalue weighted by Crippen LogP contribution is -2.20. The number of nitrogens with zero attached hydrogens (tertiary/aromatic N) is 2. The van der Waals surface area contributed by atoms with Gasteiger partial charge in [0.25, 0.3) is 0 Å². The summed E-state index contributed by atoms with van der Waals surface area (Å²) in [4.78, 5) is 6.09. The smallest absolute Gasteiger partial charge is 0.104 e. The number of hydrogen-bond acceptors (Lipinski definition) is 4. The lowest BCUT2D eigenvalue weighted by atomic mass is 9.98. The van der Waals surface area contributed by atoms with Gasteiger partial charge in [0.15, 0.2) is 0 Å². The number of thiophene rings is 1. The van der Waals surface area contributed by atoms with Crippen molar-refractivity contribution < 1.29 is 0 Å². The molecule has 1 unspecified atom stereocenters. The van der Waals surface area contributed by atoms with Gasteiger partial charge in [-0.25, -0.2) is 0 Å². The maximum Gasteiger partial charge on any atom is 0.104 e. The van der Waals surface area contributed by atoms with Crippen LogP contribution < -0.4 is 0 Å². The van der Waals surface area contributed by atoms with Crippen LogP contribution in [0.3, 0.4) is 0 Å². The molecule has 0 amide bonds. The molecule has 2 rings (SSSR count). The van der Waals surface area contributed by atoms with Crippen molar-refractivity contribution in [3.05, 3.63) is 45.9 Å². The van der Waals surface area contributed by atoms with Crippen LogP contribution in [0.1, 0.15) is 83.6 Å². The van der Waals surface area contributed by atoms with Crippen molar-refractivity contribution in [3.63, 3.8) is 0 Å². The molecule has 1 fully saturated rings. The summed E-state index contributed by atoms with van der Waals surface area (Å²) in [5.41, 5.74) is 1.87. The first-order chi connectivity index (χ1) is 14.0. The number of likely N-dealkylation sites (N-methyl/N-ethyl adjacent to an activating group) is 1. The highest BCUT2D eigenvalue weighted by Gasteiger charge is 2.22. The monoisotopic (exact) mass is 417 g/mol. The Morgan fingerprint density at radius 3 is 2.45 bits per heavy atom. The van der Waals surface area contributed by atoms with Crippen LogP contribution in [0.15, 0.2) is 35.5 Å². The van der Waals surface area contributed by atoms with Gasteiger partial charge in [0.2, 0.25) is 0 Å². The van der Waals surface area contributed by atoms with Gasteiger partial charge in [0, 0.05) is 41.7 Å². The van der Waals surface area contributed by atoms with Gasteiger partial charge >= 0.3 is 0 Å². The third-order valence-corrected chi connectivity index (χ3v) is 6.33. The zero-order valence-corrected chi connectivity index (χ0v) is 20.4. The van der Waals surface area contributed by atoms with Gasteiger partial charge in [-0.1, -0.05) is 72.5 Å². The van der Waals surface area contributed by atoms with Crippen LogP contribution in [-0.2, 0) is 6.54 Å². The van der Waals surface area contributed by atoms with Crippen LogP contribution >= 0.6 is 11.3 Å². The van der Waals surface area contributed by atoms with Gasteiger partial charge in [-0.2, -0.15) is 0 Å². The molecule has 164 valence electrons. The van der Waals surface area contributed by atoms with E-state index in [1.807, 2.05) is 0 Å². The summed E-state index contributed by atoms with van der Waals surface area (Å²) in [6.07, 6.45) is 14.2. The van der Waals surface area contributed by atoms with Crippen molar-refractivity contribution in [2.45, 2.75) is 79.7 Å². The minimum atomic E-state index is 0.338. The predicted molar refractivity (Wildman–Crippen MR) is 131 cm³/mol. The normalized spacial score (nSPS) is 16.4. The van der Waals surface area contributed by atoms with Gasteiger partial charge in [-0.3, -0.25) is 0 Å². The Bertz CT molecular complexity index is 640. The summed E-state index contributed by atoms with van der Waals surface area (Å²) < 4.78 is 0. The molecule has 0 radical (unpaired) electrons. The fourth-order valence-electron chi connectivity index (χ4n) is 3.21. The van der Waals surface area contributed by atoms with Gasteiger partial charge in [0.1, 0.15) is 5.82 Å². The van der Waals surface area contributed by atoms with E-state index in [4.69, 9.17) is 5.41 Å². The van der Waals surface area contributed by atoms with Crippen LogP contribution in [0.5, 0.6) is 0 Å². The topological polar surface area (TPSA) is 30.3 Å².